The van der Waals surface area contributed by atoms with Gasteiger partial charge in [0.1, 0.15) is 5.75 Å². The second-order valence-electron chi connectivity index (χ2n) is 6.40. The molecule has 1 saturated heterocycles. The highest BCUT2D eigenvalue weighted by molar-refractivity contribution is 8.00. The van der Waals surface area contributed by atoms with Crippen LogP contribution in [0, 0.1) is 5.92 Å². The van der Waals surface area contributed by atoms with Gasteiger partial charge >= 0.3 is 0 Å². The lowest BCUT2D eigenvalue weighted by Gasteiger charge is -2.36. The third-order valence-corrected chi connectivity index (χ3v) is 5.62. The third-order valence-electron chi connectivity index (χ3n) is 4.08. The lowest BCUT2D eigenvalue weighted by Crippen LogP contribution is -2.48. The normalized spacial score (nSPS) is 18.3. The zero-order chi connectivity index (χ0) is 18.2. The summed E-state index contributed by atoms with van der Waals surface area (Å²) in [6, 6.07) is 7.64. The summed E-state index contributed by atoms with van der Waals surface area (Å²) in [7, 11) is 1.82. The number of benzene rings is 1. The van der Waals surface area contributed by atoms with E-state index in [2.05, 4.69) is 29.1 Å². The number of nitrogens with one attached hydrogen (secondary N) is 1. The molecule has 1 aliphatic rings. The highest BCUT2D eigenvalue weighted by Crippen LogP contribution is 2.25. The van der Waals surface area contributed by atoms with Crippen LogP contribution in [-0.2, 0) is 11.3 Å². The Morgan fingerprint density at radius 2 is 2.32 bits per heavy atom. The van der Waals surface area contributed by atoms with Crippen molar-refractivity contribution in [3.63, 3.8) is 0 Å². The lowest BCUT2D eigenvalue weighted by atomic mass is 10.1. The Balaban J connectivity index is 1.92. The van der Waals surface area contributed by atoms with Crippen molar-refractivity contribution in [1.82, 2.24) is 10.2 Å². The standard InChI is InChI=1S/C18H28N4O2S/c1-13(2)16-11-22(7-8-25-16)18(20-3)21-10-14-5-4-6-15(9-14)24-12-17(19)23/h4-6,9,13,16H,7-8,10-12H2,1-3H3,(H2,19,23)(H,20,21). The fourth-order valence-electron chi connectivity index (χ4n) is 2.68. The molecule has 6 nitrogen and oxygen atoms in total. The Morgan fingerprint density at radius 1 is 1.52 bits per heavy atom. The SMILES string of the molecule is CN=C(NCc1cccc(OCC(N)=O)c1)N1CCSC(C(C)C)C1. The first-order valence-electron chi connectivity index (χ1n) is 8.57. The molecule has 1 heterocycles. The van der Waals surface area contributed by atoms with Crippen LogP contribution in [0.3, 0.4) is 0 Å². The number of guanidine groups is 1. The number of thioether (sulfide) groups is 1. The molecule has 1 aromatic carbocycles. The number of ether oxygens (including phenoxy) is 1. The summed E-state index contributed by atoms with van der Waals surface area (Å²) in [5.41, 5.74) is 6.18. The Hall–Kier alpha value is -1.89. The molecule has 3 N–H and O–H groups in total. The van der Waals surface area contributed by atoms with E-state index in [1.54, 1.807) is 0 Å². The molecule has 1 amide bonds. The van der Waals surface area contributed by atoms with Gasteiger partial charge in [-0.05, 0) is 23.6 Å². The molecule has 1 unspecified atom stereocenters. The molecule has 7 heteroatoms. The summed E-state index contributed by atoms with van der Waals surface area (Å²) in [6.07, 6.45) is 0. The first-order valence-corrected chi connectivity index (χ1v) is 9.61. The number of rotatable bonds is 6. The molecule has 0 aliphatic carbocycles. The predicted octanol–water partition coefficient (Wildman–Crippen LogP) is 1.70. The van der Waals surface area contributed by atoms with Gasteiger partial charge in [-0.25, -0.2) is 0 Å². The number of nitrogens with zero attached hydrogens (tertiary/aromatic N) is 2. The molecule has 1 aliphatic heterocycles. The van der Waals surface area contributed by atoms with Gasteiger partial charge in [0.15, 0.2) is 12.6 Å². The minimum Gasteiger partial charge on any atom is -0.484 e. The molecule has 138 valence electrons. The zero-order valence-corrected chi connectivity index (χ0v) is 16.0. The summed E-state index contributed by atoms with van der Waals surface area (Å²) < 4.78 is 5.35. The van der Waals surface area contributed by atoms with E-state index in [4.69, 9.17) is 10.5 Å². The van der Waals surface area contributed by atoms with Crippen LogP contribution in [0.2, 0.25) is 0 Å². The topological polar surface area (TPSA) is 80.0 Å². The van der Waals surface area contributed by atoms with Gasteiger partial charge in [0, 0.05) is 37.7 Å². The molecule has 1 fully saturated rings. The molecule has 0 aromatic heterocycles. The van der Waals surface area contributed by atoms with E-state index < -0.39 is 5.91 Å². The third kappa shape index (κ3) is 6.16. The minimum absolute atomic E-state index is 0.111. The molecular formula is C18H28N4O2S. The summed E-state index contributed by atoms with van der Waals surface area (Å²) in [4.78, 5) is 17.6. The fourth-order valence-corrected chi connectivity index (χ4v) is 3.98. The van der Waals surface area contributed by atoms with Crippen LogP contribution in [0.25, 0.3) is 0 Å². The Kier molecular flexibility index (Phi) is 7.43. The average Bonchev–Trinajstić information content (AvgIpc) is 2.61. The van der Waals surface area contributed by atoms with Gasteiger partial charge in [-0.15, -0.1) is 0 Å². The average molecular weight is 365 g/mol. The van der Waals surface area contributed by atoms with Crippen LogP contribution >= 0.6 is 11.8 Å². The van der Waals surface area contributed by atoms with Gasteiger partial charge in [-0.1, -0.05) is 26.0 Å². The maximum absolute atomic E-state index is 10.8. The van der Waals surface area contributed by atoms with Crippen LogP contribution in [0.1, 0.15) is 19.4 Å². The number of hydrogen-bond acceptors (Lipinski definition) is 4. The smallest absolute Gasteiger partial charge is 0.255 e. The highest BCUT2D eigenvalue weighted by Gasteiger charge is 2.24. The van der Waals surface area contributed by atoms with Crippen molar-refractivity contribution >= 4 is 23.6 Å². The first-order chi connectivity index (χ1) is 12.0. The van der Waals surface area contributed by atoms with Crippen molar-refractivity contribution in [2.75, 3.05) is 32.5 Å². The zero-order valence-electron chi connectivity index (χ0n) is 15.2. The van der Waals surface area contributed by atoms with Gasteiger partial charge in [0.25, 0.3) is 5.91 Å². The van der Waals surface area contributed by atoms with Crippen LogP contribution in [-0.4, -0.2) is 54.5 Å². The van der Waals surface area contributed by atoms with E-state index >= 15 is 0 Å². The molecular weight excluding hydrogens is 336 g/mol. The van der Waals surface area contributed by atoms with E-state index in [0.29, 0.717) is 23.5 Å². The Labute approximate surface area is 154 Å². The van der Waals surface area contributed by atoms with Gasteiger partial charge in [0.05, 0.1) is 0 Å². The maximum atomic E-state index is 10.8. The molecule has 2 rings (SSSR count). The number of aliphatic imine (C=N–C) groups is 1. The molecule has 0 spiro atoms. The van der Waals surface area contributed by atoms with Crippen molar-refractivity contribution in [1.29, 1.82) is 0 Å². The summed E-state index contributed by atoms with van der Waals surface area (Å²) in [5, 5.41) is 4.06. The van der Waals surface area contributed by atoms with Crippen LogP contribution in [0.5, 0.6) is 5.75 Å². The van der Waals surface area contributed by atoms with Gasteiger partial charge in [0.2, 0.25) is 0 Å². The quantitative estimate of drug-likeness (QED) is 0.593. The first kappa shape index (κ1) is 19.4. The molecule has 0 saturated carbocycles. The highest BCUT2D eigenvalue weighted by atomic mass is 32.2. The second kappa shape index (κ2) is 9.56. The monoisotopic (exact) mass is 364 g/mol. The second-order valence-corrected chi connectivity index (χ2v) is 7.75. The summed E-state index contributed by atoms with van der Waals surface area (Å²) in [5.74, 6) is 2.87. The van der Waals surface area contributed by atoms with E-state index in [-0.39, 0.29) is 6.61 Å². The van der Waals surface area contributed by atoms with Crippen LogP contribution < -0.4 is 15.8 Å². The van der Waals surface area contributed by atoms with Crippen molar-refractivity contribution in [3.05, 3.63) is 29.8 Å². The van der Waals surface area contributed by atoms with E-state index in [1.165, 1.54) is 0 Å². The minimum atomic E-state index is -0.480. The fraction of sp³-hybridized carbons (Fsp3) is 0.556. The van der Waals surface area contributed by atoms with Gasteiger partial charge < -0.3 is 20.7 Å². The number of carbonyl (C=O) groups excluding carboxylic acids is 1. The Bertz CT molecular complexity index is 606. The number of nitrogens with two attached hydrogens (primary N) is 1. The van der Waals surface area contributed by atoms with Crippen molar-refractivity contribution in [3.8, 4) is 5.75 Å². The maximum Gasteiger partial charge on any atom is 0.255 e. The summed E-state index contributed by atoms with van der Waals surface area (Å²) in [6.45, 7) is 7.11. The summed E-state index contributed by atoms with van der Waals surface area (Å²) >= 11 is 2.05. The number of hydrogen-bond donors (Lipinski definition) is 2. The number of amides is 1. The predicted molar refractivity (Wildman–Crippen MR) is 104 cm³/mol. The lowest BCUT2D eigenvalue weighted by molar-refractivity contribution is -0.119. The van der Waals surface area contributed by atoms with Gasteiger partial charge in [-0.2, -0.15) is 11.8 Å². The molecule has 0 radical (unpaired) electrons. The van der Waals surface area contributed by atoms with Gasteiger partial charge in [-0.3, -0.25) is 9.79 Å². The largest absolute Gasteiger partial charge is 0.484 e. The number of primary amides is 1. The van der Waals surface area contributed by atoms with Crippen molar-refractivity contribution in [2.45, 2.75) is 25.6 Å². The molecule has 1 atom stereocenters. The van der Waals surface area contributed by atoms with Crippen molar-refractivity contribution in [2.24, 2.45) is 16.6 Å². The number of carbonyl (C=O) groups is 1. The molecule has 1 aromatic rings. The van der Waals surface area contributed by atoms with Crippen LogP contribution in [0.15, 0.2) is 29.3 Å². The van der Waals surface area contributed by atoms with E-state index in [1.807, 2.05) is 43.1 Å². The van der Waals surface area contributed by atoms with E-state index in [9.17, 15) is 4.79 Å². The van der Waals surface area contributed by atoms with Crippen LogP contribution in [0.4, 0.5) is 0 Å². The molecule has 25 heavy (non-hydrogen) atoms. The Morgan fingerprint density at radius 3 is 3.00 bits per heavy atom. The molecule has 0 bridgehead atoms. The van der Waals surface area contributed by atoms with E-state index in [0.717, 1.165) is 30.4 Å². The van der Waals surface area contributed by atoms with Crippen molar-refractivity contribution < 1.29 is 9.53 Å².